The predicted octanol–water partition coefficient (Wildman–Crippen LogP) is 1.03. The zero-order valence-corrected chi connectivity index (χ0v) is 7.76. The first-order chi connectivity index (χ1) is 6.63. The van der Waals surface area contributed by atoms with Gasteiger partial charge in [0.25, 0.3) is 0 Å². The smallest absolute Gasteiger partial charge is 0.219 e. The fourth-order valence-electron chi connectivity index (χ4n) is 1.81. The third-order valence-electron chi connectivity index (χ3n) is 2.41. The molecule has 3 heteroatoms. The summed E-state index contributed by atoms with van der Waals surface area (Å²) < 4.78 is 26.2. The highest BCUT2D eigenvalue weighted by Gasteiger charge is 2.39. The van der Waals surface area contributed by atoms with Crippen molar-refractivity contribution in [2.75, 3.05) is 13.6 Å². The topological polar surface area (TPSA) is 29.5 Å². The van der Waals surface area contributed by atoms with Gasteiger partial charge in [-0.05, 0) is 20.3 Å². The summed E-state index contributed by atoms with van der Waals surface area (Å²) in [6.07, 6.45) is 0.560. The third kappa shape index (κ3) is 1.61. The Hall–Kier alpha value is -0.570. The van der Waals surface area contributed by atoms with Crippen LogP contribution in [-0.2, 0) is 9.53 Å². The van der Waals surface area contributed by atoms with E-state index in [0.29, 0.717) is 13.0 Å². The van der Waals surface area contributed by atoms with Gasteiger partial charge >= 0.3 is 0 Å². The van der Waals surface area contributed by atoms with E-state index >= 15 is 0 Å². The molecule has 1 aliphatic rings. The summed E-state index contributed by atoms with van der Waals surface area (Å²) in [5.74, 6) is -0.0413. The molecule has 1 rings (SSSR count). The summed E-state index contributed by atoms with van der Waals surface area (Å²) in [5.41, 5.74) is -0.754. The molecular weight excluding hydrogens is 154 g/mol. The highest BCUT2D eigenvalue weighted by molar-refractivity contribution is 5.74. The maximum atomic E-state index is 11.2. The first kappa shape index (κ1) is 5.97. The van der Waals surface area contributed by atoms with E-state index in [1.807, 2.05) is 6.92 Å². The van der Waals surface area contributed by atoms with Gasteiger partial charge in [-0.25, -0.2) is 0 Å². The van der Waals surface area contributed by atoms with Gasteiger partial charge in [-0.15, -0.1) is 0 Å². The van der Waals surface area contributed by atoms with Crippen LogP contribution in [0.1, 0.15) is 31.3 Å². The third-order valence-corrected chi connectivity index (χ3v) is 2.41. The standard InChI is InChI=1S/C9H17NO2/c1-7-5-9(3,12-4)6-10(7)8(2)11/h7H,5-6H2,1-4H3/t7-,9?/m1/s1/i4D3. The van der Waals surface area contributed by atoms with E-state index in [1.54, 1.807) is 11.8 Å². The molecule has 0 bridgehead atoms. The van der Waals surface area contributed by atoms with Crippen molar-refractivity contribution in [2.24, 2.45) is 0 Å². The molecule has 0 radical (unpaired) electrons. The van der Waals surface area contributed by atoms with Crippen molar-refractivity contribution < 1.29 is 13.6 Å². The molecule has 0 aromatic rings. The fourth-order valence-corrected chi connectivity index (χ4v) is 1.81. The Balaban J connectivity index is 2.71. The number of methoxy groups -OCH3 is 1. The van der Waals surface area contributed by atoms with Crippen LogP contribution in [0.2, 0.25) is 0 Å². The number of hydrogen-bond donors (Lipinski definition) is 0. The second-order valence-electron chi connectivity index (χ2n) is 3.75. The van der Waals surface area contributed by atoms with E-state index in [4.69, 9.17) is 8.85 Å². The molecular formula is C9H17NO2. The van der Waals surface area contributed by atoms with E-state index in [2.05, 4.69) is 0 Å². The van der Waals surface area contributed by atoms with Crippen molar-refractivity contribution in [3.05, 3.63) is 0 Å². The normalized spacial score (nSPS) is 40.4. The van der Waals surface area contributed by atoms with Gasteiger partial charge < -0.3 is 9.64 Å². The van der Waals surface area contributed by atoms with Crippen LogP contribution in [-0.4, -0.2) is 36.0 Å². The molecule has 0 aromatic carbocycles. The number of carbonyl (C=O) groups is 1. The van der Waals surface area contributed by atoms with Gasteiger partial charge in [0.2, 0.25) is 5.91 Å². The molecule has 70 valence electrons. The number of hydrogen-bond acceptors (Lipinski definition) is 2. The van der Waals surface area contributed by atoms with Gasteiger partial charge in [-0.1, -0.05) is 0 Å². The first-order valence-corrected chi connectivity index (χ1v) is 4.10. The minimum atomic E-state index is -2.40. The second kappa shape index (κ2) is 3.05. The summed E-state index contributed by atoms with van der Waals surface area (Å²) >= 11 is 0. The second-order valence-corrected chi connectivity index (χ2v) is 3.75. The van der Waals surface area contributed by atoms with Crippen LogP contribution in [0.5, 0.6) is 0 Å². The van der Waals surface area contributed by atoms with E-state index in [1.165, 1.54) is 6.92 Å². The molecule has 12 heavy (non-hydrogen) atoms. The Labute approximate surface area is 77.9 Å². The number of carbonyl (C=O) groups excluding carboxylic acids is 1. The maximum absolute atomic E-state index is 11.2. The van der Waals surface area contributed by atoms with Crippen molar-refractivity contribution in [3.63, 3.8) is 0 Å². The summed E-state index contributed by atoms with van der Waals surface area (Å²) in [4.78, 5) is 12.9. The van der Waals surface area contributed by atoms with Gasteiger partial charge in [0.15, 0.2) is 0 Å². The summed E-state index contributed by atoms with van der Waals surface area (Å²) in [6.45, 7) is 5.47. The maximum Gasteiger partial charge on any atom is 0.219 e. The van der Waals surface area contributed by atoms with Crippen LogP contribution < -0.4 is 0 Å². The van der Waals surface area contributed by atoms with E-state index in [9.17, 15) is 4.79 Å². The molecule has 2 atom stereocenters. The molecule has 1 saturated heterocycles. The summed E-state index contributed by atoms with van der Waals surface area (Å²) in [7, 11) is -2.40. The molecule has 0 saturated carbocycles. The van der Waals surface area contributed by atoms with Gasteiger partial charge in [-0.2, -0.15) is 0 Å². The van der Waals surface area contributed by atoms with Crippen molar-refractivity contribution >= 4 is 5.91 Å². The number of amides is 1. The largest absolute Gasteiger partial charge is 0.377 e. The molecule has 1 amide bonds. The number of nitrogens with zero attached hydrogens (tertiary/aromatic N) is 1. The van der Waals surface area contributed by atoms with Gasteiger partial charge in [0.1, 0.15) is 0 Å². The van der Waals surface area contributed by atoms with Gasteiger partial charge in [0.05, 0.1) is 9.71 Å². The van der Waals surface area contributed by atoms with Crippen molar-refractivity contribution in [1.29, 1.82) is 0 Å². The Morgan fingerprint density at radius 1 is 1.83 bits per heavy atom. The minimum Gasteiger partial charge on any atom is -0.377 e. The Morgan fingerprint density at radius 3 is 2.92 bits per heavy atom. The Morgan fingerprint density at radius 2 is 2.50 bits per heavy atom. The lowest BCUT2D eigenvalue weighted by Gasteiger charge is -2.22. The highest BCUT2D eigenvalue weighted by atomic mass is 16.5. The van der Waals surface area contributed by atoms with E-state index in [0.717, 1.165) is 0 Å². The van der Waals surface area contributed by atoms with Crippen LogP contribution in [0.3, 0.4) is 0 Å². The Kier molecular flexibility index (Phi) is 1.52. The van der Waals surface area contributed by atoms with E-state index in [-0.39, 0.29) is 11.9 Å². The molecule has 1 unspecified atom stereocenters. The monoisotopic (exact) mass is 174 g/mol. The van der Waals surface area contributed by atoms with Crippen molar-refractivity contribution in [1.82, 2.24) is 4.90 Å². The molecule has 1 aliphatic heterocycles. The van der Waals surface area contributed by atoms with Crippen LogP contribution >= 0.6 is 0 Å². The number of rotatable bonds is 1. The molecule has 0 N–H and O–H groups in total. The molecule has 1 fully saturated rings. The first-order valence-electron chi connectivity index (χ1n) is 5.60. The zero-order chi connectivity index (χ0) is 11.9. The highest BCUT2D eigenvalue weighted by Crippen LogP contribution is 2.29. The van der Waals surface area contributed by atoms with Crippen LogP contribution in [0.15, 0.2) is 0 Å². The SMILES string of the molecule is [2H]C([2H])([2H])OC1(C)C[C@@H](C)N(C(C)=O)C1. The average Bonchev–Trinajstić information content (AvgIpc) is 2.21. The number of likely N-dealkylation sites (tertiary alicyclic amines) is 1. The van der Waals surface area contributed by atoms with Gasteiger partial charge in [-0.3, -0.25) is 4.79 Å². The molecule has 0 aliphatic carbocycles. The summed E-state index contributed by atoms with van der Waals surface area (Å²) in [6, 6.07) is 0.0369. The molecule has 0 spiro atoms. The van der Waals surface area contributed by atoms with Gasteiger partial charge in [0, 0.05) is 26.5 Å². The minimum absolute atomic E-state index is 0.0369. The lowest BCUT2D eigenvalue weighted by Crippen LogP contribution is -2.35. The van der Waals surface area contributed by atoms with E-state index < -0.39 is 12.6 Å². The van der Waals surface area contributed by atoms with Crippen molar-refractivity contribution in [2.45, 2.75) is 38.8 Å². The van der Waals surface area contributed by atoms with Crippen molar-refractivity contribution in [3.8, 4) is 0 Å². The lowest BCUT2D eigenvalue weighted by molar-refractivity contribution is -0.130. The average molecular weight is 174 g/mol. The zero-order valence-electron chi connectivity index (χ0n) is 10.8. The predicted molar refractivity (Wildman–Crippen MR) is 46.9 cm³/mol. The lowest BCUT2D eigenvalue weighted by atomic mass is 10.0. The van der Waals surface area contributed by atoms with Crippen LogP contribution in [0.4, 0.5) is 0 Å². The van der Waals surface area contributed by atoms with Crippen LogP contribution in [0, 0.1) is 0 Å². The van der Waals surface area contributed by atoms with Crippen LogP contribution in [0.25, 0.3) is 0 Å². The molecule has 3 nitrogen and oxygen atoms in total. The fraction of sp³-hybridized carbons (Fsp3) is 0.889. The summed E-state index contributed by atoms with van der Waals surface area (Å²) in [5, 5.41) is 0. The Bertz CT molecular complexity index is 267. The molecule has 0 aromatic heterocycles. The molecule has 1 heterocycles. The quantitative estimate of drug-likeness (QED) is 0.594. The number of ether oxygens (including phenoxy) is 1.